The van der Waals surface area contributed by atoms with Crippen LogP contribution < -0.4 is 0 Å². The molecule has 1 aromatic heterocycles. The third kappa shape index (κ3) is 3.49. The molecule has 0 bridgehead atoms. The maximum Gasteiger partial charge on any atom is 0.253 e. The van der Waals surface area contributed by atoms with Gasteiger partial charge in [-0.3, -0.25) is 9.69 Å². The van der Waals surface area contributed by atoms with Crippen molar-refractivity contribution in [3.63, 3.8) is 0 Å². The largest absolute Gasteiger partial charge is 0.335 e. The predicted molar refractivity (Wildman–Crippen MR) is 102 cm³/mol. The Labute approximate surface area is 155 Å². The summed E-state index contributed by atoms with van der Waals surface area (Å²) in [6, 6.07) is 8.22. The molecule has 2 aliphatic heterocycles. The van der Waals surface area contributed by atoms with Crippen molar-refractivity contribution >= 4 is 5.91 Å². The summed E-state index contributed by atoms with van der Waals surface area (Å²) >= 11 is 0. The Bertz CT molecular complexity index is 745. The van der Waals surface area contributed by atoms with E-state index >= 15 is 0 Å². The minimum absolute atomic E-state index is 0.132. The number of piperidine rings is 1. The van der Waals surface area contributed by atoms with E-state index in [-0.39, 0.29) is 5.91 Å². The summed E-state index contributed by atoms with van der Waals surface area (Å²) in [6.45, 7) is 6.20. The molecule has 5 nitrogen and oxygen atoms in total. The molecule has 0 aliphatic carbocycles. The molecule has 0 atom stereocenters. The normalized spacial score (nSPS) is 18.6. The number of rotatable bonds is 4. The van der Waals surface area contributed by atoms with Gasteiger partial charge in [-0.2, -0.15) is 0 Å². The highest BCUT2D eigenvalue weighted by Gasteiger charge is 2.35. The fourth-order valence-electron chi connectivity index (χ4n) is 3.77. The predicted octanol–water partition coefficient (Wildman–Crippen LogP) is 3.02. The number of carbonyl (C=O) groups is 1. The summed E-state index contributed by atoms with van der Waals surface area (Å²) in [4.78, 5) is 26.0. The molecular formula is C21H26N4O. The lowest BCUT2D eigenvalue weighted by Gasteiger charge is -2.46. The number of amides is 1. The highest BCUT2D eigenvalue weighted by atomic mass is 16.2. The third-order valence-electron chi connectivity index (χ3n) is 5.56. The van der Waals surface area contributed by atoms with E-state index in [1.54, 1.807) is 0 Å². The average Bonchev–Trinajstić information content (AvgIpc) is 2.68. The molecule has 0 spiro atoms. The molecule has 0 saturated carbocycles. The van der Waals surface area contributed by atoms with E-state index in [1.165, 1.54) is 32.4 Å². The van der Waals surface area contributed by atoms with Crippen LogP contribution in [-0.2, 0) is 6.42 Å². The first kappa shape index (κ1) is 17.2. The molecule has 5 heteroatoms. The number of nitrogens with zero attached hydrogens (tertiary/aromatic N) is 4. The number of hydrogen-bond donors (Lipinski definition) is 0. The first-order chi connectivity index (χ1) is 12.7. The Kier molecular flexibility index (Phi) is 4.98. The molecule has 3 heterocycles. The lowest BCUT2D eigenvalue weighted by atomic mass is 10.0. The van der Waals surface area contributed by atoms with Crippen molar-refractivity contribution in [2.45, 2.75) is 38.6 Å². The van der Waals surface area contributed by atoms with Gasteiger partial charge in [0.2, 0.25) is 0 Å². The zero-order chi connectivity index (χ0) is 17.9. The van der Waals surface area contributed by atoms with Gasteiger partial charge in [0.25, 0.3) is 5.91 Å². The minimum Gasteiger partial charge on any atom is -0.335 e. The van der Waals surface area contributed by atoms with E-state index < -0.39 is 0 Å². The van der Waals surface area contributed by atoms with E-state index in [4.69, 9.17) is 0 Å². The van der Waals surface area contributed by atoms with Gasteiger partial charge in [0, 0.05) is 42.7 Å². The second kappa shape index (κ2) is 7.54. The summed E-state index contributed by atoms with van der Waals surface area (Å²) in [7, 11) is 0. The Balaban J connectivity index is 1.37. The van der Waals surface area contributed by atoms with Crippen LogP contribution in [0.15, 0.2) is 36.7 Å². The summed E-state index contributed by atoms with van der Waals surface area (Å²) in [5, 5.41) is 0. The maximum absolute atomic E-state index is 12.7. The van der Waals surface area contributed by atoms with Gasteiger partial charge >= 0.3 is 0 Å². The lowest BCUT2D eigenvalue weighted by Crippen LogP contribution is -2.61. The van der Waals surface area contributed by atoms with Crippen molar-refractivity contribution in [2.75, 3.05) is 26.2 Å². The first-order valence-corrected chi connectivity index (χ1v) is 9.69. The Morgan fingerprint density at radius 2 is 1.69 bits per heavy atom. The summed E-state index contributed by atoms with van der Waals surface area (Å²) < 4.78 is 0. The smallest absolute Gasteiger partial charge is 0.253 e. The lowest BCUT2D eigenvalue weighted by molar-refractivity contribution is 0.0203. The monoisotopic (exact) mass is 350 g/mol. The Morgan fingerprint density at radius 1 is 1.04 bits per heavy atom. The summed E-state index contributed by atoms with van der Waals surface area (Å²) in [6.07, 6.45) is 8.61. The van der Waals surface area contributed by atoms with Crippen LogP contribution in [0, 0.1) is 0 Å². The van der Waals surface area contributed by atoms with Crippen molar-refractivity contribution in [1.29, 1.82) is 0 Å². The molecule has 2 saturated heterocycles. The van der Waals surface area contributed by atoms with Gasteiger partial charge < -0.3 is 4.90 Å². The van der Waals surface area contributed by atoms with Crippen LogP contribution in [0.3, 0.4) is 0 Å². The van der Waals surface area contributed by atoms with Crippen LogP contribution >= 0.6 is 0 Å². The van der Waals surface area contributed by atoms with Crippen LogP contribution in [0.1, 0.15) is 42.1 Å². The van der Waals surface area contributed by atoms with Crippen molar-refractivity contribution in [3.8, 4) is 11.4 Å². The number of aromatic nitrogens is 2. The number of likely N-dealkylation sites (tertiary alicyclic amines) is 2. The van der Waals surface area contributed by atoms with Gasteiger partial charge in [-0.05, 0) is 50.0 Å². The van der Waals surface area contributed by atoms with Crippen LogP contribution in [0.5, 0.6) is 0 Å². The SMILES string of the molecule is CCc1cnc(-c2ccc(C(=O)N3CC(N4CCCCC4)C3)cc2)nc1. The number of aryl methyl sites for hydroxylation is 1. The van der Waals surface area contributed by atoms with E-state index in [2.05, 4.69) is 21.8 Å². The zero-order valence-corrected chi connectivity index (χ0v) is 15.4. The van der Waals surface area contributed by atoms with Crippen LogP contribution in [-0.4, -0.2) is 57.9 Å². The van der Waals surface area contributed by atoms with Gasteiger partial charge in [0.1, 0.15) is 0 Å². The summed E-state index contributed by atoms with van der Waals surface area (Å²) in [5.74, 6) is 0.836. The third-order valence-corrected chi connectivity index (χ3v) is 5.56. The highest BCUT2D eigenvalue weighted by Crippen LogP contribution is 2.23. The number of benzene rings is 1. The first-order valence-electron chi connectivity index (χ1n) is 9.69. The molecule has 1 amide bonds. The fraction of sp³-hybridized carbons (Fsp3) is 0.476. The van der Waals surface area contributed by atoms with Gasteiger partial charge in [-0.15, -0.1) is 0 Å². The van der Waals surface area contributed by atoms with Crippen LogP contribution in [0.25, 0.3) is 11.4 Å². The highest BCUT2D eigenvalue weighted by molar-refractivity contribution is 5.95. The molecule has 0 N–H and O–H groups in total. The molecule has 0 radical (unpaired) electrons. The summed E-state index contributed by atoms with van der Waals surface area (Å²) in [5.41, 5.74) is 2.82. The van der Waals surface area contributed by atoms with Crippen molar-refractivity contribution in [3.05, 3.63) is 47.8 Å². The van der Waals surface area contributed by atoms with Crippen molar-refractivity contribution < 1.29 is 4.79 Å². The molecule has 0 unspecified atom stereocenters. The molecule has 4 rings (SSSR count). The van der Waals surface area contributed by atoms with Gasteiger partial charge in [0.15, 0.2) is 5.82 Å². The second-order valence-electron chi connectivity index (χ2n) is 7.31. The minimum atomic E-state index is 0.132. The Hall–Kier alpha value is -2.27. The molecule has 26 heavy (non-hydrogen) atoms. The quantitative estimate of drug-likeness (QED) is 0.850. The number of carbonyl (C=O) groups excluding carboxylic acids is 1. The van der Waals surface area contributed by atoms with Crippen molar-refractivity contribution in [2.24, 2.45) is 0 Å². The molecule has 2 aromatic rings. The molecule has 2 aliphatic rings. The van der Waals surface area contributed by atoms with Crippen LogP contribution in [0.2, 0.25) is 0 Å². The molecular weight excluding hydrogens is 324 g/mol. The number of hydrogen-bond acceptors (Lipinski definition) is 4. The molecule has 136 valence electrons. The van der Waals surface area contributed by atoms with Crippen molar-refractivity contribution in [1.82, 2.24) is 19.8 Å². The van der Waals surface area contributed by atoms with Crippen LogP contribution in [0.4, 0.5) is 0 Å². The van der Waals surface area contributed by atoms with E-state index in [1.807, 2.05) is 41.6 Å². The van der Waals surface area contributed by atoms with E-state index in [9.17, 15) is 4.79 Å². The van der Waals surface area contributed by atoms with Gasteiger partial charge in [-0.1, -0.05) is 25.5 Å². The zero-order valence-electron chi connectivity index (χ0n) is 15.4. The topological polar surface area (TPSA) is 49.3 Å². The van der Waals surface area contributed by atoms with Gasteiger partial charge in [0.05, 0.1) is 0 Å². The standard InChI is InChI=1S/C21H26N4O/c1-2-16-12-22-20(23-13-16)17-6-8-18(9-7-17)21(26)25-14-19(15-25)24-10-4-3-5-11-24/h6-9,12-13,19H,2-5,10-11,14-15H2,1H3. The van der Waals surface area contributed by atoms with Gasteiger partial charge in [-0.25, -0.2) is 9.97 Å². The molecule has 2 fully saturated rings. The van der Waals surface area contributed by atoms with E-state index in [0.29, 0.717) is 11.9 Å². The maximum atomic E-state index is 12.7. The average molecular weight is 350 g/mol. The second-order valence-corrected chi connectivity index (χ2v) is 7.31. The Morgan fingerprint density at radius 3 is 2.31 bits per heavy atom. The van der Waals surface area contributed by atoms with E-state index in [0.717, 1.165) is 36.2 Å². The molecule has 1 aromatic carbocycles. The fourth-order valence-corrected chi connectivity index (χ4v) is 3.77.